The molecule has 3 aromatic rings. The monoisotopic (exact) mass is 394 g/mol. The third-order valence-corrected chi connectivity index (χ3v) is 5.00. The molecule has 0 spiro atoms. The Balaban J connectivity index is 1.43. The first-order valence-electron chi connectivity index (χ1n) is 9.53. The predicted octanol–water partition coefficient (Wildman–Crippen LogP) is 3.10. The minimum atomic E-state index is -0.609. The molecule has 0 aliphatic carbocycles. The van der Waals surface area contributed by atoms with Gasteiger partial charge in [0.2, 0.25) is 0 Å². The number of amides is 2. The highest BCUT2D eigenvalue weighted by atomic mass is 16.5. The first-order chi connectivity index (χ1) is 14.0. The number of carbonyl (C=O) groups is 1. The van der Waals surface area contributed by atoms with E-state index in [1.54, 1.807) is 6.07 Å². The van der Waals surface area contributed by atoms with Gasteiger partial charge in [0.25, 0.3) is 0 Å². The molecule has 3 atom stereocenters. The van der Waals surface area contributed by atoms with Crippen LogP contribution >= 0.6 is 0 Å². The predicted molar refractivity (Wildman–Crippen MR) is 110 cm³/mol. The number of aliphatic hydroxyl groups excluding tert-OH is 1. The minimum absolute atomic E-state index is 0.134. The number of nitrogens with zero attached hydrogens (tertiary/aromatic N) is 2. The van der Waals surface area contributed by atoms with Gasteiger partial charge in [-0.3, -0.25) is 9.88 Å². The molecule has 1 aromatic heterocycles. The molecule has 4 rings (SSSR count). The van der Waals surface area contributed by atoms with Crippen LogP contribution in [0.25, 0.3) is 10.8 Å². The number of hydrogen-bond acceptors (Lipinski definition) is 5. The fourth-order valence-electron chi connectivity index (χ4n) is 3.50. The Bertz CT molecular complexity index is 1100. The molecule has 2 heterocycles. The van der Waals surface area contributed by atoms with Crippen LogP contribution in [0.5, 0.6) is 0 Å². The molecule has 2 amide bonds. The molecule has 150 valence electrons. The molecule has 1 aliphatic heterocycles. The van der Waals surface area contributed by atoms with Crippen LogP contribution in [0.1, 0.15) is 26.0 Å². The smallest absolute Gasteiger partial charge is 0.351 e. The number of carbonyl (C=O) groups excluding carboxylic acids is 1. The number of hydrogen-bond donors (Lipinski definition) is 3. The number of rotatable bonds is 4. The van der Waals surface area contributed by atoms with Crippen LogP contribution < -0.4 is 16.3 Å². The van der Waals surface area contributed by atoms with E-state index in [4.69, 9.17) is 4.74 Å². The van der Waals surface area contributed by atoms with Gasteiger partial charge in [-0.2, -0.15) is 4.98 Å². The second-order valence-corrected chi connectivity index (χ2v) is 6.98. The highest BCUT2D eigenvalue weighted by Gasteiger charge is 2.34. The van der Waals surface area contributed by atoms with Crippen LogP contribution in [0, 0.1) is 0 Å². The number of fused-ring (bicyclic) bond motifs is 1. The van der Waals surface area contributed by atoms with Crippen molar-refractivity contribution in [3.63, 3.8) is 0 Å². The highest BCUT2D eigenvalue weighted by molar-refractivity contribution is 6.00. The molecule has 1 aliphatic rings. The van der Waals surface area contributed by atoms with Crippen molar-refractivity contribution in [1.82, 2.24) is 9.55 Å². The van der Waals surface area contributed by atoms with Gasteiger partial charge in [-0.05, 0) is 35.4 Å². The van der Waals surface area contributed by atoms with Gasteiger partial charge in [-0.25, -0.2) is 9.59 Å². The minimum Gasteiger partial charge on any atom is -0.390 e. The molecule has 3 N–H and O–H groups in total. The van der Waals surface area contributed by atoms with E-state index in [1.807, 2.05) is 43.3 Å². The van der Waals surface area contributed by atoms with Gasteiger partial charge >= 0.3 is 11.7 Å². The van der Waals surface area contributed by atoms with Gasteiger partial charge in [0, 0.05) is 18.3 Å². The van der Waals surface area contributed by atoms with Crippen molar-refractivity contribution in [3.8, 4) is 0 Å². The average molecular weight is 394 g/mol. The van der Waals surface area contributed by atoms with E-state index in [0.29, 0.717) is 18.5 Å². The second kappa shape index (κ2) is 8.02. The Hall–Kier alpha value is -3.23. The van der Waals surface area contributed by atoms with Crippen molar-refractivity contribution in [2.75, 3.05) is 10.6 Å². The van der Waals surface area contributed by atoms with Gasteiger partial charge in [0.15, 0.2) is 0 Å². The Morgan fingerprint density at radius 3 is 2.72 bits per heavy atom. The van der Waals surface area contributed by atoms with E-state index in [2.05, 4.69) is 15.6 Å². The molecular weight excluding hydrogens is 372 g/mol. The second-order valence-electron chi connectivity index (χ2n) is 6.98. The number of nitrogens with one attached hydrogen (secondary N) is 2. The van der Waals surface area contributed by atoms with Crippen LogP contribution in [0.4, 0.5) is 16.3 Å². The number of aliphatic hydroxyl groups is 1. The Kier molecular flexibility index (Phi) is 5.28. The van der Waals surface area contributed by atoms with Gasteiger partial charge < -0.3 is 15.2 Å². The summed E-state index contributed by atoms with van der Waals surface area (Å²) in [7, 11) is 0. The van der Waals surface area contributed by atoms with Crippen molar-refractivity contribution < 1.29 is 14.6 Å². The maximum atomic E-state index is 12.3. The highest BCUT2D eigenvalue weighted by Crippen LogP contribution is 2.29. The molecule has 2 aromatic carbocycles. The quantitative estimate of drug-likeness (QED) is 0.631. The summed E-state index contributed by atoms with van der Waals surface area (Å²) in [5, 5.41) is 17.3. The van der Waals surface area contributed by atoms with E-state index in [1.165, 1.54) is 16.8 Å². The SMILES string of the molecule is CC[C@H]1O[C@@H](n2ccc(NC(=O)Nc3ccc4ccccc4c3)nc2=O)C[C@H]1O. The lowest BCUT2D eigenvalue weighted by atomic mass is 10.1. The largest absolute Gasteiger partial charge is 0.390 e. The van der Waals surface area contributed by atoms with Gasteiger partial charge in [-0.1, -0.05) is 37.3 Å². The van der Waals surface area contributed by atoms with Crippen molar-refractivity contribution in [1.29, 1.82) is 0 Å². The van der Waals surface area contributed by atoms with Crippen molar-refractivity contribution in [2.24, 2.45) is 0 Å². The maximum Gasteiger partial charge on any atom is 0.351 e. The molecule has 0 saturated carbocycles. The summed E-state index contributed by atoms with van der Waals surface area (Å²) >= 11 is 0. The van der Waals surface area contributed by atoms with E-state index >= 15 is 0 Å². The Morgan fingerprint density at radius 1 is 1.21 bits per heavy atom. The topological polar surface area (TPSA) is 105 Å². The lowest BCUT2D eigenvalue weighted by molar-refractivity contribution is -0.0216. The summed E-state index contributed by atoms with van der Waals surface area (Å²) in [4.78, 5) is 28.5. The maximum absolute atomic E-state index is 12.3. The van der Waals surface area contributed by atoms with Crippen molar-refractivity contribution >= 4 is 28.3 Å². The van der Waals surface area contributed by atoms with Gasteiger partial charge in [0.1, 0.15) is 12.0 Å². The lowest BCUT2D eigenvalue weighted by Gasteiger charge is -2.15. The summed E-state index contributed by atoms with van der Waals surface area (Å²) in [6.45, 7) is 1.92. The van der Waals surface area contributed by atoms with Crippen molar-refractivity contribution in [2.45, 2.75) is 38.2 Å². The van der Waals surface area contributed by atoms with Gasteiger partial charge in [0.05, 0.1) is 12.2 Å². The number of aromatic nitrogens is 2. The van der Waals surface area contributed by atoms with E-state index in [0.717, 1.165) is 10.8 Å². The van der Waals surface area contributed by atoms with E-state index in [-0.39, 0.29) is 11.9 Å². The van der Waals surface area contributed by atoms with Crippen molar-refractivity contribution in [3.05, 3.63) is 65.2 Å². The van der Waals surface area contributed by atoms with Crippen LogP contribution in [-0.4, -0.2) is 32.9 Å². The number of ether oxygens (including phenoxy) is 1. The standard InChI is InChI=1S/C21H22N4O4/c1-2-17-16(26)12-19(29-17)25-10-9-18(24-21(25)28)23-20(27)22-15-8-7-13-5-3-4-6-14(13)11-15/h3-11,16-17,19,26H,2,12H2,1H3,(H2,22,23,24,27,28)/t16-,17-,19-/m1/s1. The van der Waals surface area contributed by atoms with Crippen LogP contribution in [0.2, 0.25) is 0 Å². The average Bonchev–Trinajstić information content (AvgIpc) is 3.08. The lowest BCUT2D eigenvalue weighted by Crippen LogP contribution is -2.29. The molecular formula is C21H22N4O4. The van der Waals surface area contributed by atoms with E-state index < -0.39 is 24.1 Å². The fraction of sp³-hybridized carbons (Fsp3) is 0.286. The van der Waals surface area contributed by atoms with E-state index in [9.17, 15) is 14.7 Å². The first kappa shape index (κ1) is 19.1. The zero-order valence-corrected chi connectivity index (χ0v) is 15.9. The van der Waals surface area contributed by atoms with Crippen LogP contribution in [-0.2, 0) is 4.74 Å². The number of anilines is 2. The fourth-order valence-corrected chi connectivity index (χ4v) is 3.50. The van der Waals surface area contributed by atoms with Gasteiger partial charge in [-0.15, -0.1) is 0 Å². The summed E-state index contributed by atoms with van der Waals surface area (Å²) in [6, 6.07) is 14.5. The zero-order valence-electron chi connectivity index (χ0n) is 15.9. The Morgan fingerprint density at radius 2 is 2.00 bits per heavy atom. The summed E-state index contributed by atoms with van der Waals surface area (Å²) < 4.78 is 7.02. The number of urea groups is 1. The molecule has 0 unspecified atom stereocenters. The Labute approximate surface area is 167 Å². The summed E-state index contributed by atoms with van der Waals surface area (Å²) in [5.41, 5.74) is 0.0796. The molecule has 0 radical (unpaired) electrons. The summed E-state index contributed by atoms with van der Waals surface area (Å²) in [6.07, 6.45) is 1.04. The number of benzene rings is 2. The molecule has 1 fully saturated rings. The molecule has 0 bridgehead atoms. The molecule has 29 heavy (non-hydrogen) atoms. The van der Waals surface area contributed by atoms with Crippen LogP contribution in [0.15, 0.2) is 59.5 Å². The molecule has 8 nitrogen and oxygen atoms in total. The first-order valence-corrected chi connectivity index (χ1v) is 9.53. The normalized spacial score (nSPS) is 21.2. The zero-order chi connectivity index (χ0) is 20.4. The molecule has 1 saturated heterocycles. The van der Waals surface area contributed by atoms with Crippen LogP contribution in [0.3, 0.4) is 0 Å². The third kappa shape index (κ3) is 4.13. The third-order valence-electron chi connectivity index (χ3n) is 5.00. The summed E-state index contributed by atoms with van der Waals surface area (Å²) in [5.74, 6) is 0.134. The molecule has 8 heteroatoms.